The number of nitrogen functional groups attached to an aromatic ring is 1. The summed E-state index contributed by atoms with van der Waals surface area (Å²) in [5, 5.41) is 10.1. The van der Waals surface area contributed by atoms with Crippen LogP contribution in [0.1, 0.15) is 13.8 Å². The van der Waals surface area contributed by atoms with Gasteiger partial charge in [0.15, 0.2) is 6.61 Å². The molecule has 1 amide bonds. The van der Waals surface area contributed by atoms with Crippen LogP contribution in [0.5, 0.6) is 5.75 Å². The molecular weight excluding hydrogens is 244 g/mol. The molecule has 1 aliphatic rings. The monoisotopic (exact) mass is 264 g/mol. The Morgan fingerprint density at radius 1 is 1.47 bits per heavy atom. The number of nitrogens with zero attached hydrogens (tertiary/aromatic N) is 1. The molecule has 0 saturated carbocycles. The van der Waals surface area contributed by atoms with Crippen molar-refractivity contribution in [3.63, 3.8) is 0 Å². The maximum atomic E-state index is 11.9. The third-order valence-electron chi connectivity index (χ3n) is 3.63. The Kier molecular flexibility index (Phi) is 3.66. The summed E-state index contributed by atoms with van der Waals surface area (Å²) in [6.07, 6.45) is 0. The number of amides is 1. The minimum absolute atomic E-state index is 0.0532. The van der Waals surface area contributed by atoms with Crippen molar-refractivity contribution in [2.45, 2.75) is 19.4 Å². The zero-order valence-electron chi connectivity index (χ0n) is 11.3. The SMILES string of the molecule is CC(C)C1(O)CN(C(=O)COc2ccccc2N)C1. The van der Waals surface area contributed by atoms with Gasteiger partial charge in [-0.1, -0.05) is 26.0 Å². The molecule has 0 atom stereocenters. The van der Waals surface area contributed by atoms with Crippen LogP contribution >= 0.6 is 0 Å². The average molecular weight is 264 g/mol. The molecule has 0 radical (unpaired) electrons. The normalized spacial score (nSPS) is 17.2. The van der Waals surface area contributed by atoms with E-state index in [1.54, 1.807) is 23.1 Å². The van der Waals surface area contributed by atoms with Crippen LogP contribution in [0.4, 0.5) is 5.69 Å². The number of rotatable bonds is 4. The van der Waals surface area contributed by atoms with E-state index in [-0.39, 0.29) is 18.4 Å². The second-order valence-corrected chi connectivity index (χ2v) is 5.33. The minimum atomic E-state index is -0.749. The first-order valence-corrected chi connectivity index (χ1v) is 6.40. The van der Waals surface area contributed by atoms with Crippen LogP contribution in [0.25, 0.3) is 0 Å². The summed E-state index contributed by atoms with van der Waals surface area (Å²) in [7, 11) is 0. The van der Waals surface area contributed by atoms with E-state index in [0.717, 1.165) is 0 Å². The molecule has 5 heteroatoms. The molecule has 0 unspecified atom stereocenters. The lowest BCUT2D eigenvalue weighted by molar-refractivity contribution is -0.165. The number of carbonyl (C=O) groups excluding carboxylic acids is 1. The number of likely N-dealkylation sites (tertiary alicyclic amines) is 1. The molecular formula is C14H20N2O3. The maximum Gasteiger partial charge on any atom is 0.260 e. The lowest BCUT2D eigenvalue weighted by atomic mass is 9.83. The second kappa shape index (κ2) is 5.09. The highest BCUT2D eigenvalue weighted by Crippen LogP contribution is 2.28. The molecule has 19 heavy (non-hydrogen) atoms. The number of carbonyl (C=O) groups is 1. The molecule has 0 spiro atoms. The molecule has 1 fully saturated rings. The summed E-state index contributed by atoms with van der Waals surface area (Å²) < 4.78 is 5.39. The second-order valence-electron chi connectivity index (χ2n) is 5.33. The van der Waals surface area contributed by atoms with Gasteiger partial charge in [-0.3, -0.25) is 4.79 Å². The number of ether oxygens (including phenoxy) is 1. The van der Waals surface area contributed by atoms with Gasteiger partial charge < -0.3 is 20.5 Å². The van der Waals surface area contributed by atoms with Crippen molar-refractivity contribution in [1.82, 2.24) is 4.90 Å². The van der Waals surface area contributed by atoms with E-state index in [0.29, 0.717) is 24.5 Å². The Bertz CT molecular complexity index is 468. The predicted molar refractivity (Wildman–Crippen MR) is 72.7 cm³/mol. The van der Waals surface area contributed by atoms with E-state index in [1.807, 2.05) is 19.9 Å². The van der Waals surface area contributed by atoms with Gasteiger partial charge in [0, 0.05) is 0 Å². The Morgan fingerprint density at radius 2 is 2.11 bits per heavy atom. The first-order valence-electron chi connectivity index (χ1n) is 6.40. The fraction of sp³-hybridized carbons (Fsp3) is 0.500. The summed E-state index contributed by atoms with van der Waals surface area (Å²) in [6.45, 7) is 4.59. The van der Waals surface area contributed by atoms with Gasteiger partial charge in [0.05, 0.1) is 18.8 Å². The molecule has 3 N–H and O–H groups in total. The van der Waals surface area contributed by atoms with Gasteiger partial charge in [-0.15, -0.1) is 0 Å². The number of aliphatic hydroxyl groups is 1. The van der Waals surface area contributed by atoms with Crippen molar-refractivity contribution in [2.24, 2.45) is 5.92 Å². The topological polar surface area (TPSA) is 75.8 Å². The van der Waals surface area contributed by atoms with Crippen LogP contribution in [0, 0.1) is 5.92 Å². The lowest BCUT2D eigenvalue weighted by Crippen LogP contribution is -2.66. The Labute approximate surface area is 113 Å². The summed E-state index contributed by atoms with van der Waals surface area (Å²) >= 11 is 0. The molecule has 104 valence electrons. The number of hydrogen-bond donors (Lipinski definition) is 2. The van der Waals surface area contributed by atoms with Gasteiger partial charge in [-0.2, -0.15) is 0 Å². The first-order chi connectivity index (χ1) is 8.92. The molecule has 1 heterocycles. The van der Waals surface area contributed by atoms with Gasteiger partial charge in [-0.05, 0) is 18.1 Å². The standard InChI is InChI=1S/C14H20N2O3/c1-10(2)14(18)8-16(9-14)13(17)7-19-12-6-4-3-5-11(12)15/h3-6,10,18H,7-9,15H2,1-2H3. The van der Waals surface area contributed by atoms with Crippen LogP contribution in [0.3, 0.4) is 0 Å². The van der Waals surface area contributed by atoms with Crippen molar-refractivity contribution in [1.29, 1.82) is 0 Å². The molecule has 0 aromatic heterocycles. The van der Waals surface area contributed by atoms with Crippen LogP contribution in [-0.2, 0) is 4.79 Å². The van der Waals surface area contributed by atoms with Gasteiger partial charge in [-0.25, -0.2) is 0 Å². The Balaban J connectivity index is 1.83. The molecule has 5 nitrogen and oxygen atoms in total. The average Bonchev–Trinajstić information content (AvgIpc) is 2.33. The highest BCUT2D eigenvalue weighted by molar-refractivity contribution is 5.79. The van der Waals surface area contributed by atoms with Crippen LogP contribution in [-0.4, -0.2) is 41.2 Å². The van der Waals surface area contributed by atoms with E-state index in [1.165, 1.54) is 0 Å². The Morgan fingerprint density at radius 3 is 2.68 bits per heavy atom. The zero-order chi connectivity index (χ0) is 14.0. The fourth-order valence-electron chi connectivity index (χ4n) is 2.00. The smallest absolute Gasteiger partial charge is 0.260 e. The zero-order valence-corrected chi connectivity index (χ0v) is 11.3. The quantitative estimate of drug-likeness (QED) is 0.791. The molecule has 1 aliphatic heterocycles. The molecule has 1 saturated heterocycles. The van der Waals surface area contributed by atoms with Gasteiger partial charge in [0.1, 0.15) is 11.4 Å². The van der Waals surface area contributed by atoms with E-state index in [2.05, 4.69) is 0 Å². The number of hydrogen-bond acceptors (Lipinski definition) is 4. The van der Waals surface area contributed by atoms with Crippen molar-refractivity contribution in [3.05, 3.63) is 24.3 Å². The van der Waals surface area contributed by atoms with Crippen molar-refractivity contribution in [2.75, 3.05) is 25.4 Å². The minimum Gasteiger partial charge on any atom is -0.482 e. The van der Waals surface area contributed by atoms with Gasteiger partial charge in [0.25, 0.3) is 5.91 Å². The highest BCUT2D eigenvalue weighted by Gasteiger charge is 2.45. The molecule has 0 aliphatic carbocycles. The van der Waals surface area contributed by atoms with E-state index in [4.69, 9.17) is 10.5 Å². The molecule has 2 rings (SSSR count). The number of nitrogens with two attached hydrogens (primary N) is 1. The molecule has 1 aromatic carbocycles. The fourth-order valence-corrected chi connectivity index (χ4v) is 2.00. The highest BCUT2D eigenvalue weighted by atomic mass is 16.5. The van der Waals surface area contributed by atoms with Crippen molar-refractivity contribution >= 4 is 11.6 Å². The van der Waals surface area contributed by atoms with Gasteiger partial charge >= 0.3 is 0 Å². The van der Waals surface area contributed by atoms with E-state index in [9.17, 15) is 9.90 Å². The first kappa shape index (κ1) is 13.7. The van der Waals surface area contributed by atoms with E-state index < -0.39 is 5.60 Å². The van der Waals surface area contributed by atoms with Crippen LogP contribution < -0.4 is 10.5 Å². The molecule has 0 bridgehead atoms. The largest absolute Gasteiger partial charge is 0.482 e. The Hall–Kier alpha value is -1.75. The van der Waals surface area contributed by atoms with Gasteiger partial charge in [0.2, 0.25) is 0 Å². The lowest BCUT2D eigenvalue weighted by Gasteiger charge is -2.48. The van der Waals surface area contributed by atoms with Crippen molar-refractivity contribution in [3.8, 4) is 5.75 Å². The summed E-state index contributed by atoms with van der Waals surface area (Å²) in [5.41, 5.74) is 5.49. The third kappa shape index (κ3) is 2.81. The third-order valence-corrected chi connectivity index (χ3v) is 3.63. The number of β-amino-alcohol motifs (C(OH)–C–C–N with tert-alkyl or cyclic N) is 1. The van der Waals surface area contributed by atoms with E-state index >= 15 is 0 Å². The maximum absolute atomic E-state index is 11.9. The van der Waals surface area contributed by atoms with Crippen LogP contribution in [0.2, 0.25) is 0 Å². The number of para-hydroxylation sites is 2. The summed E-state index contributed by atoms with van der Waals surface area (Å²) in [4.78, 5) is 13.5. The summed E-state index contributed by atoms with van der Waals surface area (Å²) in [5.74, 6) is 0.520. The summed E-state index contributed by atoms with van der Waals surface area (Å²) in [6, 6.07) is 7.06. The molecule has 1 aromatic rings. The number of anilines is 1. The van der Waals surface area contributed by atoms with Crippen molar-refractivity contribution < 1.29 is 14.6 Å². The number of benzene rings is 1. The predicted octanol–water partition coefficient (Wildman–Crippen LogP) is 0.877. The van der Waals surface area contributed by atoms with Crippen LogP contribution in [0.15, 0.2) is 24.3 Å².